The van der Waals surface area contributed by atoms with Crippen LogP contribution in [0.5, 0.6) is 11.6 Å². The molecule has 9 rings (SSSR count). The molecule has 1 saturated heterocycles. The maximum Gasteiger partial charge on any atom is 0.262 e. The number of hydrogen-bond acceptors (Lipinski definition) is 12. The van der Waals surface area contributed by atoms with E-state index in [4.69, 9.17) is 23.9 Å². The molecule has 3 amide bonds. The van der Waals surface area contributed by atoms with Crippen LogP contribution < -0.4 is 24.8 Å². The normalized spacial score (nSPS) is 24.6. The number of fused-ring (bicyclic) bond motifs is 5. The lowest BCUT2D eigenvalue weighted by atomic mass is 10.0. The van der Waals surface area contributed by atoms with E-state index in [9.17, 15) is 28.1 Å². The maximum atomic E-state index is 14.9. The second-order valence-electron chi connectivity index (χ2n) is 17.2. The topological polar surface area (TPSA) is 206 Å². The number of nitriles is 1. The minimum atomic E-state index is -3.91. The lowest BCUT2D eigenvalue weighted by Crippen LogP contribution is -2.57. The van der Waals surface area contributed by atoms with Crippen LogP contribution in [0.2, 0.25) is 0 Å². The van der Waals surface area contributed by atoms with Crippen LogP contribution >= 0.6 is 0 Å². The van der Waals surface area contributed by atoms with Gasteiger partial charge >= 0.3 is 0 Å². The zero-order chi connectivity index (χ0) is 43.9. The number of furan rings is 1. The van der Waals surface area contributed by atoms with E-state index in [0.29, 0.717) is 70.8 Å². The van der Waals surface area contributed by atoms with E-state index in [1.165, 1.54) is 4.90 Å². The van der Waals surface area contributed by atoms with Crippen molar-refractivity contribution in [2.75, 3.05) is 11.9 Å². The van der Waals surface area contributed by atoms with E-state index in [1.807, 2.05) is 74.5 Å². The number of nitrogens with zero attached hydrogens (tertiary/aromatic N) is 4. The van der Waals surface area contributed by atoms with Crippen molar-refractivity contribution < 1.29 is 36.7 Å². The fourth-order valence-corrected chi connectivity index (χ4v) is 9.94. The first-order chi connectivity index (χ1) is 30.4. The van der Waals surface area contributed by atoms with Gasteiger partial charge in [-0.1, -0.05) is 37.1 Å². The van der Waals surface area contributed by atoms with E-state index < -0.39 is 56.7 Å². The van der Waals surface area contributed by atoms with Crippen LogP contribution in [0.1, 0.15) is 77.2 Å². The minimum absolute atomic E-state index is 0.00827. The number of carbonyl (C=O) groups is 3. The quantitative estimate of drug-likeness (QED) is 0.128. The summed E-state index contributed by atoms with van der Waals surface area (Å²) in [7, 11) is -3.91. The Labute approximate surface area is 365 Å². The molecule has 63 heavy (non-hydrogen) atoms. The van der Waals surface area contributed by atoms with Crippen molar-refractivity contribution in [2.45, 2.75) is 107 Å². The summed E-state index contributed by atoms with van der Waals surface area (Å²) in [4.78, 5) is 54.8. The Morgan fingerprint density at radius 2 is 1.78 bits per heavy atom. The number of ether oxygens (including phenoxy) is 2. The van der Waals surface area contributed by atoms with Gasteiger partial charge in [-0.2, -0.15) is 10.2 Å². The van der Waals surface area contributed by atoms with Crippen LogP contribution in [-0.4, -0.2) is 82.6 Å². The molecule has 326 valence electrons. The second kappa shape index (κ2) is 17.0. The molecular weight excluding hydrogens is 823 g/mol. The average Bonchev–Trinajstić information content (AvgIpc) is 4.17. The van der Waals surface area contributed by atoms with Crippen molar-refractivity contribution >= 4 is 55.5 Å². The molecule has 15 nitrogen and oxygen atoms in total. The standard InChI is InChI=1S/C47H49N7O8S/c1-28(2)60-33-20-16-30(17-21-33)42-50-40-36-11-8-9-13-39(36)62-41(40)44(51-42)61-34-24-38-43(55)52-47(46(57)53-63(58,59)35-22-23-35)25-31(47)10-6-4-3-5-7-12-37(45(56)54(38)27-34)49-32-18-14-29(26-48)15-19-32/h6,8-11,13-21,28,31,34-35,37-38,49H,3-5,7,12,22-25,27H2,1-2H3,(H,52,55)(H,53,57)/b10-6-/t31-,34-,37+,38+,47-/m1/s1. The van der Waals surface area contributed by atoms with Gasteiger partial charge in [-0.05, 0) is 113 Å². The first kappa shape index (κ1) is 41.9. The van der Waals surface area contributed by atoms with Gasteiger partial charge in [0.25, 0.3) is 11.8 Å². The van der Waals surface area contributed by atoms with Gasteiger partial charge in [0.1, 0.15) is 40.6 Å². The fourth-order valence-electron chi connectivity index (χ4n) is 8.58. The third kappa shape index (κ3) is 8.79. The smallest absolute Gasteiger partial charge is 0.262 e. The Hall–Kier alpha value is -6.47. The number of hydrogen-bond donors (Lipinski definition) is 3. The first-order valence-electron chi connectivity index (χ1n) is 21.7. The molecule has 4 heterocycles. The highest BCUT2D eigenvalue weighted by atomic mass is 32.2. The number of sulfonamides is 1. The summed E-state index contributed by atoms with van der Waals surface area (Å²) in [6.07, 6.45) is 7.82. The number of amides is 3. The molecule has 0 radical (unpaired) electrons. The molecule has 2 saturated carbocycles. The van der Waals surface area contributed by atoms with Gasteiger partial charge in [0.15, 0.2) is 5.82 Å². The highest BCUT2D eigenvalue weighted by Gasteiger charge is 2.62. The molecule has 0 unspecified atom stereocenters. The van der Waals surface area contributed by atoms with Gasteiger partial charge in [0.05, 0.1) is 29.5 Å². The van der Waals surface area contributed by atoms with Crippen LogP contribution in [0.25, 0.3) is 33.5 Å². The molecule has 2 aromatic heterocycles. The molecule has 0 spiro atoms. The summed E-state index contributed by atoms with van der Waals surface area (Å²) in [5.41, 5.74) is 1.72. The highest BCUT2D eigenvalue weighted by molar-refractivity contribution is 7.91. The van der Waals surface area contributed by atoms with E-state index >= 15 is 0 Å². The summed E-state index contributed by atoms with van der Waals surface area (Å²) in [6.45, 7) is 3.89. The molecule has 0 bridgehead atoms. The summed E-state index contributed by atoms with van der Waals surface area (Å²) >= 11 is 0. The van der Waals surface area contributed by atoms with Crippen LogP contribution in [0.4, 0.5) is 5.69 Å². The monoisotopic (exact) mass is 871 g/mol. The molecule has 5 atom stereocenters. The number of aromatic nitrogens is 2. The number of rotatable bonds is 10. The van der Waals surface area contributed by atoms with Crippen molar-refractivity contribution in [1.82, 2.24) is 24.9 Å². The lowest BCUT2D eigenvalue weighted by molar-refractivity contribution is -0.140. The van der Waals surface area contributed by atoms with Gasteiger partial charge < -0.3 is 29.4 Å². The Balaban J connectivity index is 1.07. The number of para-hydroxylation sites is 1. The molecule has 3 fully saturated rings. The number of carbonyl (C=O) groups excluding carboxylic acids is 3. The number of allylic oxidation sites excluding steroid dienone is 1. The van der Waals surface area contributed by atoms with Gasteiger partial charge in [-0.25, -0.2) is 13.4 Å². The molecule has 2 aliphatic carbocycles. The molecule has 3 N–H and O–H groups in total. The van der Waals surface area contributed by atoms with E-state index in [-0.39, 0.29) is 37.3 Å². The van der Waals surface area contributed by atoms with Crippen molar-refractivity contribution in [3.05, 3.63) is 90.5 Å². The first-order valence-corrected chi connectivity index (χ1v) is 23.2. The van der Waals surface area contributed by atoms with Crippen molar-refractivity contribution in [2.24, 2.45) is 5.92 Å². The van der Waals surface area contributed by atoms with Crippen LogP contribution in [0.15, 0.2) is 89.4 Å². The predicted molar refractivity (Wildman–Crippen MR) is 235 cm³/mol. The van der Waals surface area contributed by atoms with Gasteiger partial charge in [0, 0.05) is 29.0 Å². The van der Waals surface area contributed by atoms with Gasteiger partial charge in [0.2, 0.25) is 27.4 Å². The summed E-state index contributed by atoms with van der Waals surface area (Å²) in [5, 5.41) is 15.8. The SMILES string of the molecule is CC(C)Oc1ccc(-c2nc(O[C@@H]3C[C@H]4C(=O)N[C@]5(C(=O)NS(=O)(=O)C6CC6)C[C@H]5/C=C\CCCCC[C@H](Nc5ccc(C#N)cc5)C(=O)N4C3)c3oc4ccccc4c3n2)cc1. The molecule has 3 aromatic carbocycles. The van der Waals surface area contributed by atoms with E-state index in [2.05, 4.69) is 21.4 Å². The van der Waals surface area contributed by atoms with Crippen LogP contribution in [0, 0.1) is 17.2 Å². The average molecular weight is 872 g/mol. The highest BCUT2D eigenvalue weighted by Crippen LogP contribution is 2.46. The third-order valence-electron chi connectivity index (χ3n) is 12.1. The number of anilines is 1. The Morgan fingerprint density at radius 1 is 1.00 bits per heavy atom. The Kier molecular flexibility index (Phi) is 11.3. The number of benzene rings is 3. The second-order valence-corrected chi connectivity index (χ2v) is 19.2. The zero-order valence-corrected chi connectivity index (χ0v) is 35.9. The Morgan fingerprint density at radius 3 is 2.52 bits per heavy atom. The predicted octanol–water partition coefficient (Wildman–Crippen LogP) is 6.53. The van der Waals surface area contributed by atoms with Gasteiger partial charge in [-0.3, -0.25) is 19.1 Å². The van der Waals surface area contributed by atoms with Crippen molar-refractivity contribution in [1.29, 1.82) is 5.26 Å². The van der Waals surface area contributed by atoms with E-state index in [0.717, 1.165) is 24.6 Å². The zero-order valence-electron chi connectivity index (χ0n) is 35.1. The van der Waals surface area contributed by atoms with Crippen LogP contribution in [0.3, 0.4) is 0 Å². The number of nitrogens with one attached hydrogen (secondary N) is 3. The molecule has 4 aliphatic rings. The maximum absolute atomic E-state index is 14.9. The largest absolute Gasteiger partial charge is 0.491 e. The molecular formula is C47H49N7O8S. The molecule has 5 aromatic rings. The summed E-state index contributed by atoms with van der Waals surface area (Å²) < 4.78 is 47.1. The minimum Gasteiger partial charge on any atom is -0.491 e. The fraction of sp³-hybridized carbons (Fsp3) is 0.404. The van der Waals surface area contributed by atoms with Crippen molar-refractivity contribution in [3.8, 4) is 29.1 Å². The summed E-state index contributed by atoms with van der Waals surface area (Å²) in [5.74, 6) is -0.961. The molecule has 2 aliphatic heterocycles. The summed E-state index contributed by atoms with van der Waals surface area (Å²) in [6, 6.07) is 22.0. The van der Waals surface area contributed by atoms with E-state index in [1.54, 1.807) is 24.3 Å². The molecule has 16 heteroatoms. The third-order valence-corrected chi connectivity index (χ3v) is 14.0. The van der Waals surface area contributed by atoms with Crippen molar-refractivity contribution in [3.63, 3.8) is 0 Å². The van der Waals surface area contributed by atoms with Crippen LogP contribution in [-0.2, 0) is 24.4 Å². The van der Waals surface area contributed by atoms with Gasteiger partial charge in [-0.15, -0.1) is 0 Å². The lowest BCUT2D eigenvalue weighted by Gasteiger charge is -2.30. The Bertz CT molecular complexity index is 2740.